The lowest BCUT2D eigenvalue weighted by Gasteiger charge is -2.35. The molecule has 0 fully saturated rings. The highest BCUT2D eigenvalue weighted by atomic mass is 16.5. The molecule has 0 saturated heterocycles. The van der Waals surface area contributed by atoms with E-state index in [1.807, 2.05) is 18.2 Å². The normalized spacial score (nSPS) is 15.9. The van der Waals surface area contributed by atoms with E-state index in [2.05, 4.69) is 17.5 Å². The minimum Gasteiger partial charge on any atom is -0.478 e. The van der Waals surface area contributed by atoms with Gasteiger partial charge in [0.2, 0.25) is 0 Å². The van der Waals surface area contributed by atoms with Gasteiger partial charge >= 0.3 is 11.9 Å². The molecule has 6 rings (SSSR count). The molecule has 2 N–H and O–H groups in total. The fraction of sp³-hybridized carbons (Fsp3) is 0.241. The predicted molar refractivity (Wildman–Crippen MR) is 133 cm³/mol. The van der Waals surface area contributed by atoms with Crippen molar-refractivity contribution >= 4 is 29.8 Å². The zero-order valence-corrected chi connectivity index (χ0v) is 19.3. The molecule has 3 heterocycles. The molecule has 176 valence electrons. The maximum absolute atomic E-state index is 12.3. The minimum atomic E-state index is -1.10. The minimum absolute atomic E-state index is 0.0446. The van der Waals surface area contributed by atoms with Crippen molar-refractivity contribution in [2.75, 3.05) is 18.0 Å². The summed E-state index contributed by atoms with van der Waals surface area (Å²) in [6.07, 6.45) is 5.08. The average molecular weight is 468 g/mol. The van der Waals surface area contributed by atoms with E-state index in [4.69, 9.17) is 4.74 Å². The van der Waals surface area contributed by atoms with Crippen molar-refractivity contribution in [3.63, 3.8) is 0 Å². The Hall–Kier alpha value is -4.06. The van der Waals surface area contributed by atoms with Gasteiger partial charge in [-0.2, -0.15) is 0 Å². The molecule has 0 unspecified atom stereocenters. The van der Waals surface area contributed by atoms with E-state index in [0.29, 0.717) is 16.9 Å². The second-order valence-electron chi connectivity index (χ2n) is 9.47. The first-order valence-corrected chi connectivity index (χ1v) is 12.0. The molecule has 0 radical (unpaired) electrons. The summed E-state index contributed by atoms with van der Waals surface area (Å²) in [5.41, 5.74) is 5.69. The van der Waals surface area contributed by atoms with Crippen molar-refractivity contribution in [3.05, 3.63) is 86.3 Å². The quantitative estimate of drug-likeness (QED) is 0.475. The topological polar surface area (TPSA) is 87.1 Å². The second kappa shape index (κ2) is 8.01. The first-order chi connectivity index (χ1) is 16.9. The van der Waals surface area contributed by atoms with Gasteiger partial charge in [0.15, 0.2) is 0 Å². The molecule has 0 saturated carbocycles. The van der Waals surface area contributed by atoms with Crippen LogP contribution in [0, 0.1) is 0 Å². The van der Waals surface area contributed by atoms with E-state index < -0.39 is 11.9 Å². The Bertz CT molecular complexity index is 1540. The van der Waals surface area contributed by atoms with Crippen LogP contribution in [0.15, 0.2) is 42.5 Å². The molecule has 6 nitrogen and oxygen atoms in total. The first kappa shape index (κ1) is 21.5. The zero-order valence-electron chi connectivity index (χ0n) is 19.3. The van der Waals surface area contributed by atoms with Crippen molar-refractivity contribution in [1.82, 2.24) is 0 Å². The summed E-state index contributed by atoms with van der Waals surface area (Å²) in [6, 6.07) is 12.0. The molecule has 6 heteroatoms. The van der Waals surface area contributed by atoms with Gasteiger partial charge in [-0.1, -0.05) is 18.7 Å². The fourth-order valence-electron chi connectivity index (χ4n) is 5.76. The number of hydrogen-bond acceptors (Lipinski definition) is 4. The summed E-state index contributed by atoms with van der Waals surface area (Å²) >= 11 is 0. The molecule has 35 heavy (non-hydrogen) atoms. The number of nitrogens with zero attached hydrogens (tertiary/aromatic N) is 1. The lowest BCUT2D eigenvalue weighted by molar-refractivity contribution is 0.0681. The SMILES string of the molecule is C=c1ccc2c(c1)Oc1c(cc3c4c1CCCN4CCCC3)C=2c1cc(C(=O)O)ccc1C(=O)O. The highest BCUT2D eigenvalue weighted by Gasteiger charge is 2.32. The van der Waals surface area contributed by atoms with Crippen LogP contribution in [0.4, 0.5) is 5.69 Å². The van der Waals surface area contributed by atoms with E-state index in [1.165, 1.54) is 29.4 Å². The van der Waals surface area contributed by atoms with Crippen LogP contribution in [0.3, 0.4) is 0 Å². The third-order valence-corrected chi connectivity index (χ3v) is 7.29. The molecule has 0 atom stereocenters. The van der Waals surface area contributed by atoms with E-state index in [-0.39, 0.29) is 11.1 Å². The lowest BCUT2D eigenvalue weighted by Crippen LogP contribution is -2.31. The Labute approximate surface area is 202 Å². The smallest absolute Gasteiger partial charge is 0.336 e. The largest absolute Gasteiger partial charge is 0.478 e. The van der Waals surface area contributed by atoms with Gasteiger partial charge < -0.3 is 19.8 Å². The molecule has 0 spiro atoms. The van der Waals surface area contributed by atoms with Crippen LogP contribution in [0.1, 0.15) is 62.2 Å². The first-order valence-electron chi connectivity index (χ1n) is 12.0. The number of carboxylic acids is 2. The maximum atomic E-state index is 12.3. The predicted octanol–water partition coefficient (Wildman–Crippen LogP) is 3.94. The monoisotopic (exact) mass is 467 g/mol. The van der Waals surface area contributed by atoms with Crippen molar-refractivity contribution in [1.29, 1.82) is 0 Å². The standard InChI is InChI=1S/C29H25NO5/c1-16-7-9-20-24(13-16)35-27-21-6-4-12-30-11-3-2-5-17(26(21)30)14-23(27)25(20)22-15-18(28(31)32)8-10-19(22)29(33)34/h7-10,13-15H,1-6,11-12H2,(H,31,32)(H,33,34). The average Bonchev–Trinajstić information content (AvgIpc) is 3.05. The molecule has 0 aromatic heterocycles. The Kier molecular flexibility index (Phi) is 4.92. The number of ether oxygens (including phenoxy) is 1. The molecule has 0 bridgehead atoms. The molecule has 3 aromatic rings. The van der Waals surface area contributed by atoms with Crippen molar-refractivity contribution in [3.8, 4) is 11.5 Å². The zero-order chi connectivity index (χ0) is 24.3. The number of aryl methyl sites for hydroxylation is 1. The van der Waals surface area contributed by atoms with Crippen LogP contribution in [0.2, 0.25) is 0 Å². The van der Waals surface area contributed by atoms with Gasteiger partial charge in [-0.25, -0.2) is 9.59 Å². The number of fused-ring (bicyclic) bond motifs is 3. The van der Waals surface area contributed by atoms with Gasteiger partial charge in [0.25, 0.3) is 0 Å². The number of rotatable bonds is 3. The van der Waals surface area contributed by atoms with Crippen molar-refractivity contribution in [2.24, 2.45) is 0 Å². The maximum Gasteiger partial charge on any atom is 0.336 e. The molecular formula is C29H25NO5. The molecule has 3 aromatic carbocycles. The number of carboxylic acid groups (broad SMARTS) is 2. The summed E-state index contributed by atoms with van der Waals surface area (Å²) in [4.78, 5) is 26.6. The van der Waals surface area contributed by atoms with Crippen LogP contribution in [0.25, 0.3) is 12.2 Å². The molecular weight excluding hydrogens is 442 g/mol. The van der Waals surface area contributed by atoms with Crippen molar-refractivity contribution in [2.45, 2.75) is 32.1 Å². The Morgan fingerprint density at radius 2 is 1.71 bits per heavy atom. The molecule has 3 aliphatic rings. The second-order valence-corrected chi connectivity index (χ2v) is 9.47. The van der Waals surface area contributed by atoms with E-state index in [0.717, 1.165) is 72.5 Å². The third-order valence-electron chi connectivity index (χ3n) is 7.29. The van der Waals surface area contributed by atoms with Gasteiger partial charge in [-0.3, -0.25) is 0 Å². The highest BCUT2D eigenvalue weighted by molar-refractivity contribution is 6.01. The van der Waals surface area contributed by atoms with Crippen LogP contribution in [-0.2, 0) is 12.8 Å². The van der Waals surface area contributed by atoms with Crippen LogP contribution >= 0.6 is 0 Å². The van der Waals surface area contributed by atoms with Gasteiger partial charge in [0.05, 0.1) is 11.1 Å². The van der Waals surface area contributed by atoms with E-state index >= 15 is 0 Å². The molecule has 0 aliphatic carbocycles. The fourth-order valence-corrected chi connectivity index (χ4v) is 5.76. The highest BCUT2D eigenvalue weighted by Crippen LogP contribution is 2.47. The summed E-state index contributed by atoms with van der Waals surface area (Å²) in [7, 11) is 0. The lowest BCUT2D eigenvalue weighted by atomic mass is 9.84. The molecule has 0 amide bonds. The third kappa shape index (κ3) is 3.40. The summed E-state index contributed by atoms with van der Waals surface area (Å²) < 4.78 is 6.55. The molecule has 3 aliphatic heterocycles. The van der Waals surface area contributed by atoms with Crippen LogP contribution < -0.4 is 20.1 Å². The number of anilines is 1. The number of carbonyl (C=O) groups is 2. The number of hydrogen-bond donors (Lipinski definition) is 2. The van der Waals surface area contributed by atoms with Gasteiger partial charge in [0, 0.05) is 40.7 Å². The number of benzene rings is 3. The number of aromatic carboxylic acids is 2. The van der Waals surface area contributed by atoms with Gasteiger partial charge in [0.1, 0.15) is 11.5 Å². The Morgan fingerprint density at radius 3 is 2.51 bits per heavy atom. The van der Waals surface area contributed by atoms with Crippen LogP contribution in [-0.4, -0.2) is 35.2 Å². The van der Waals surface area contributed by atoms with E-state index in [1.54, 1.807) is 0 Å². The van der Waals surface area contributed by atoms with E-state index in [9.17, 15) is 19.8 Å². The van der Waals surface area contributed by atoms with Gasteiger partial charge in [-0.05, 0) is 78.8 Å². The summed E-state index contributed by atoms with van der Waals surface area (Å²) in [6.45, 7) is 6.10. The summed E-state index contributed by atoms with van der Waals surface area (Å²) in [5, 5.41) is 21.2. The van der Waals surface area contributed by atoms with Crippen molar-refractivity contribution < 1.29 is 24.5 Å². The summed E-state index contributed by atoms with van der Waals surface area (Å²) in [5.74, 6) is -0.841. The Morgan fingerprint density at radius 1 is 0.886 bits per heavy atom. The van der Waals surface area contributed by atoms with Crippen LogP contribution in [0.5, 0.6) is 11.5 Å². The van der Waals surface area contributed by atoms with Gasteiger partial charge in [-0.15, -0.1) is 0 Å². The Balaban J connectivity index is 1.74.